The minimum Gasteiger partial charge on any atom is -0.497 e. The zero-order valence-electron chi connectivity index (χ0n) is 14.1. The molecule has 0 spiro atoms. The van der Waals surface area contributed by atoms with Gasteiger partial charge in [-0.1, -0.05) is 5.16 Å². The lowest BCUT2D eigenvalue weighted by atomic mass is 10.1. The summed E-state index contributed by atoms with van der Waals surface area (Å²) >= 11 is 0. The van der Waals surface area contributed by atoms with Crippen LogP contribution in [0, 0.1) is 6.92 Å². The summed E-state index contributed by atoms with van der Waals surface area (Å²) < 4.78 is 15.7. The van der Waals surface area contributed by atoms with E-state index in [1.165, 1.54) is 7.11 Å². The summed E-state index contributed by atoms with van der Waals surface area (Å²) in [7, 11) is 3.08. The van der Waals surface area contributed by atoms with Gasteiger partial charge in [-0.25, -0.2) is 0 Å². The highest BCUT2D eigenvalue weighted by atomic mass is 16.5. The second-order valence-corrected chi connectivity index (χ2v) is 5.22. The van der Waals surface area contributed by atoms with Gasteiger partial charge in [-0.3, -0.25) is 9.78 Å². The van der Waals surface area contributed by atoms with E-state index >= 15 is 0 Å². The highest BCUT2D eigenvalue weighted by Gasteiger charge is 2.22. The Morgan fingerprint density at radius 2 is 2.04 bits per heavy atom. The van der Waals surface area contributed by atoms with E-state index < -0.39 is 0 Å². The standard InChI is InChI=1S/C18H17N3O4/c1-11-16(17(21-25-11)12-5-4-8-19-10-12)18(22)20-14-9-13(23-2)6-7-15(14)24-3/h4-10H,1-3H3,(H,20,22). The molecule has 7 heteroatoms. The molecular formula is C18H17N3O4. The van der Waals surface area contributed by atoms with E-state index in [1.54, 1.807) is 50.7 Å². The summed E-state index contributed by atoms with van der Waals surface area (Å²) in [6.45, 7) is 1.69. The molecule has 0 aliphatic carbocycles. The number of amides is 1. The number of pyridine rings is 1. The van der Waals surface area contributed by atoms with Crippen molar-refractivity contribution in [3.8, 4) is 22.8 Å². The zero-order chi connectivity index (χ0) is 17.8. The number of ether oxygens (including phenoxy) is 2. The molecule has 0 unspecified atom stereocenters. The largest absolute Gasteiger partial charge is 0.497 e. The third-order valence-corrected chi connectivity index (χ3v) is 3.68. The molecule has 0 aliphatic rings. The van der Waals surface area contributed by atoms with Crippen molar-refractivity contribution < 1.29 is 18.8 Å². The number of aryl methyl sites for hydroxylation is 1. The highest BCUT2D eigenvalue weighted by Crippen LogP contribution is 2.31. The molecule has 2 heterocycles. The highest BCUT2D eigenvalue weighted by molar-refractivity contribution is 6.09. The molecule has 128 valence electrons. The molecule has 0 bridgehead atoms. The summed E-state index contributed by atoms with van der Waals surface area (Å²) in [6.07, 6.45) is 3.28. The summed E-state index contributed by atoms with van der Waals surface area (Å²) in [4.78, 5) is 16.9. The number of benzene rings is 1. The molecule has 0 saturated heterocycles. The molecule has 25 heavy (non-hydrogen) atoms. The van der Waals surface area contributed by atoms with Gasteiger partial charge in [0.05, 0.1) is 19.9 Å². The Morgan fingerprint density at radius 1 is 1.20 bits per heavy atom. The predicted molar refractivity (Wildman–Crippen MR) is 92.0 cm³/mol. The molecule has 3 aromatic rings. The molecule has 0 fully saturated rings. The third-order valence-electron chi connectivity index (χ3n) is 3.68. The summed E-state index contributed by atoms with van der Waals surface area (Å²) in [6, 6.07) is 8.74. The van der Waals surface area contributed by atoms with Crippen LogP contribution in [0.3, 0.4) is 0 Å². The Kier molecular flexibility index (Phi) is 4.65. The average molecular weight is 339 g/mol. The van der Waals surface area contributed by atoms with Crippen molar-refractivity contribution in [3.05, 3.63) is 54.0 Å². The van der Waals surface area contributed by atoms with Gasteiger partial charge in [0.2, 0.25) is 0 Å². The second-order valence-electron chi connectivity index (χ2n) is 5.22. The molecule has 0 radical (unpaired) electrons. The van der Waals surface area contributed by atoms with Crippen LogP contribution in [0.1, 0.15) is 16.1 Å². The van der Waals surface area contributed by atoms with Crippen molar-refractivity contribution in [1.82, 2.24) is 10.1 Å². The first-order valence-corrected chi connectivity index (χ1v) is 7.54. The van der Waals surface area contributed by atoms with Crippen LogP contribution in [0.5, 0.6) is 11.5 Å². The van der Waals surface area contributed by atoms with Gasteiger partial charge in [-0.2, -0.15) is 0 Å². The van der Waals surface area contributed by atoms with Crippen molar-refractivity contribution in [1.29, 1.82) is 0 Å². The number of nitrogens with zero attached hydrogens (tertiary/aromatic N) is 2. The number of hydrogen-bond donors (Lipinski definition) is 1. The first-order valence-electron chi connectivity index (χ1n) is 7.54. The lowest BCUT2D eigenvalue weighted by Gasteiger charge is -2.12. The molecule has 2 aromatic heterocycles. The Labute approximate surface area is 144 Å². The molecule has 3 rings (SSSR count). The van der Waals surface area contributed by atoms with E-state index in [0.29, 0.717) is 39.8 Å². The molecule has 1 amide bonds. The molecule has 0 atom stereocenters. The monoisotopic (exact) mass is 339 g/mol. The maximum Gasteiger partial charge on any atom is 0.261 e. The van der Waals surface area contributed by atoms with Gasteiger partial charge in [-0.15, -0.1) is 0 Å². The predicted octanol–water partition coefficient (Wildman–Crippen LogP) is 3.31. The van der Waals surface area contributed by atoms with Crippen molar-refractivity contribution in [3.63, 3.8) is 0 Å². The number of carbonyl (C=O) groups is 1. The van der Waals surface area contributed by atoms with Crippen LogP contribution >= 0.6 is 0 Å². The molecule has 0 aliphatic heterocycles. The number of carbonyl (C=O) groups excluding carboxylic acids is 1. The normalized spacial score (nSPS) is 10.4. The Balaban J connectivity index is 1.97. The number of rotatable bonds is 5. The Hall–Kier alpha value is -3.35. The van der Waals surface area contributed by atoms with Crippen LogP contribution in [0.15, 0.2) is 47.2 Å². The van der Waals surface area contributed by atoms with Gasteiger partial charge in [0.15, 0.2) is 0 Å². The Bertz CT molecular complexity index is 891. The van der Waals surface area contributed by atoms with E-state index in [1.807, 2.05) is 6.07 Å². The van der Waals surface area contributed by atoms with E-state index in [9.17, 15) is 4.79 Å². The van der Waals surface area contributed by atoms with Crippen LogP contribution in [0.4, 0.5) is 5.69 Å². The van der Waals surface area contributed by atoms with Gasteiger partial charge in [0, 0.05) is 24.0 Å². The molecule has 1 N–H and O–H groups in total. The molecule has 0 saturated carbocycles. The van der Waals surface area contributed by atoms with E-state index in [-0.39, 0.29) is 5.91 Å². The topological polar surface area (TPSA) is 86.5 Å². The molecular weight excluding hydrogens is 322 g/mol. The van der Waals surface area contributed by atoms with Crippen LogP contribution in [-0.4, -0.2) is 30.3 Å². The van der Waals surface area contributed by atoms with Crippen molar-refractivity contribution in [2.75, 3.05) is 19.5 Å². The smallest absolute Gasteiger partial charge is 0.261 e. The van der Waals surface area contributed by atoms with Crippen LogP contribution in [0.25, 0.3) is 11.3 Å². The fraction of sp³-hybridized carbons (Fsp3) is 0.167. The number of methoxy groups -OCH3 is 2. The van der Waals surface area contributed by atoms with Crippen LogP contribution in [0.2, 0.25) is 0 Å². The van der Waals surface area contributed by atoms with Crippen LogP contribution < -0.4 is 14.8 Å². The number of aromatic nitrogens is 2. The fourth-order valence-electron chi connectivity index (χ4n) is 2.44. The summed E-state index contributed by atoms with van der Waals surface area (Å²) in [5, 5.41) is 6.82. The van der Waals surface area contributed by atoms with E-state index in [4.69, 9.17) is 14.0 Å². The number of anilines is 1. The minimum absolute atomic E-state index is 0.345. The lowest BCUT2D eigenvalue weighted by molar-refractivity contribution is 0.102. The molecule has 1 aromatic carbocycles. The first kappa shape index (κ1) is 16.5. The quantitative estimate of drug-likeness (QED) is 0.767. The zero-order valence-corrected chi connectivity index (χ0v) is 14.1. The van der Waals surface area contributed by atoms with E-state index in [0.717, 1.165) is 0 Å². The maximum atomic E-state index is 12.8. The lowest BCUT2D eigenvalue weighted by Crippen LogP contribution is -2.14. The molecule has 7 nitrogen and oxygen atoms in total. The summed E-state index contributed by atoms with van der Waals surface area (Å²) in [5.74, 6) is 1.18. The van der Waals surface area contributed by atoms with Gasteiger partial charge in [-0.05, 0) is 31.2 Å². The summed E-state index contributed by atoms with van der Waals surface area (Å²) in [5.41, 5.74) is 1.97. The van der Waals surface area contributed by atoms with E-state index in [2.05, 4.69) is 15.5 Å². The number of nitrogens with one attached hydrogen (secondary N) is 1. The van der Waals surface area contributed by atoms with Gasteiger partial charge >= 0.3 is 0 Å². The van der Waals surface area contributed by atoms with Crippen molar-refractivity contribution in [2.24, 2.45) is 0 Å². The third kappa shape index (κ3) is 3.30. The maximum absolute atomic E-state index is 12.8. The average Bonchev–Trinajstić information content (AvgIpc) is 3.04. The van der Waals surface area contributed by atoms with Crippen molar-refractivity contribution in [2.45, 2.75) is 6.92 Å². The van der Waals surface area contributed by atoms with Crippen molar-refractivity contribution >= 4 is 11.6 Å². The van der Waals surface area contributed by atoms with Gasteiger partial charge < -0.3 is 19.3 Å². The second kappa shape index (κ2) is 7.04. The minimum atomic E-state index is -0.357. The van der Waals surface area contributed by atoms with Gasteiger partial charge in [0.25, 0.3) is 5.91 Å². The SMILES string of the molecule is COc1ccc(OC)c(NC(=O)c2c(-c3cccnc3)noc2C)c1. The fourth-order valence-corrected chi connectivity index (χ4v) is 2.44. The van der Waals surface area contributed by atoms with Gasteiger partial charge in [0.1, 0.15) is 28.5 Å². The first-order chi connectivity index (χ1) is 12.1. The number of hydrogen-bond acceptors (Lipinski definition) is 6. The van der Waals surface area contributed by atoms with Crippen LogP contribution in [-0.2, 0) is 0 Å². The Morgan fingerprint density at radius 3 is 2.72 bits per heavy atom.